The van der Waals surface area contributed by atoms with Gasteiger partial charge < -0.3 is 16.4 Å². The molecule has 0 unspecified atom stereocenters. The number of aryl methyl sites for hydroxylation is 1. The van der Waals surface area contributed by atoms with Crippen LogP contribution in [0.15, 0.2) is 54.6 Å². The average molecular weight is 1060 g/mol. The molecule has 18 nitrogen and oxygen atoms in total. The third-order valence-corrected chi connectivity index (χ3v) is 13.2. The lowest BCUT2D eigenvalue weighted by molar-refractivity contribution is -0.139. The van der Waals surface area contributed by atoms with E-state index in [2.05, 4.69) is 10.6 Å². The van der Waals surface area contributed by atoms with Crippen molar-refractivity contribution in [3.05, 3.63) is 70.7 Å². The van der Waals surface area contributed by atoms with Gasteiger partial charge in [-0.25, -0.2) is 16.4 Å². The number of halogens is 1. The van der Waals surface area contributed by atoms with E-state index in [1.165, 1.54) is 7.05 Å². The number of likely N-dealkylation sites (N-methyl/N-ethyl adjacent to an activating group) is 1. The summed E-state index contributed by atoms with van der Waals surface area (Å²) in [6, 6.07) is 16.6. The van der Waals surface area contributed by atoms with Crippen molar-refractivity contribution in [1.29, 1.82) is 0 Å². The van der Waals surface area contributed by atoms with Crippen molar-refractivity contribution in [1.82, 2.24) is 27.1 Å². The highest BCUT2D eigenvalue weighted by molar-refractivity contribution is 6.30. The summed E-state index contributed by atoms with van der Waals surface area (Å²) in [7, 11) is 3.09. The molecule has 0 radical (unpaired) electrons. The molecule has 0 aromatic heterocycles. The van der Waals surface area contributed by atoms with Crippen LogP contribution in [0.3, 0.4) is 0 Å². The first-order chi connectivity index (χ1) is 34.4. The quantitative estimate of drug-likeness (QED) is 0.0311. The number of Topliss-reactive ketones (excluding diaryl/α,β-unsaturated/α-hetero) is 3. The Morgan fingerprint density at radius 3 is 1.47 bits per heavy atom. The number of carbonyl (C=O) groups excluding carboxylic acids is 9. The van der Waals surface area contributed by atoms with Gasteiger partial charge in [0.2, 0.25) is 35.4 Å². The molecule has 0 saturated heterocycles. The molecule has 0 aliphatic rings. The van der Waals surface area contributed by atoms with E-state index in [-0.39, 0.29) is 78.5 Å². The van der Waals surface area contributed by atoms with Gasteiger partial charge in [0.1, 0.15) is 17.3 Å². The molecule has 2 rings (SSSR count). The summed E-state index contributed by atoms with van der Waals surface area (Å²) in [6.45, 7) is 20.8. The first-order valence-corrected chi connectivity index (χ1v) is 25.7. The van der Waals surface area contributed by atoms with Crippen molar-refractivity contribution < 1.29 is 58.8 Å². The molecule has 0 fully saturated rings. The van der Waals surface area contributed by atoms with E-state index >= 15 is 0 Å². The molecule has 10 N–H and O–H groups in total. The van der Waals surface area contributed by atoms with Crippen LogP contribution in [0.1, 0.15) is 151 Å². The van der Waals surface area contributed by atoms with Gasteiger partial charge in [-0.1, -0.05) is 130 Å². The fraction of sp³-hybridized carbons (Fsp3) is 0.618. The van der Waals surface area contributed by atoms with Crippen LogP contribution in [0.4, 0.5) is 0 Å². The van der Waals surface area contributed by atoms with Gasteiger partial charge in [-0.2, -0.15) is 0 Å². The number of amides is 6. The molecule has 2 aromatic rings. The van der Waals surface area contributed by atoms with E-state index in [0.717, 1.165) is 17.5 Å². The second-order valence-electron chi connectivity index (χ2n) is 22.0. The molecule has 0 aliphatic heterocycles. The number of nitrogens with two attached hydrogens (primary N) is 1. The topological polar surface area (TPSA) is 300 Å². The number of benzene rings is 2. The zero-order valence-electron chi connectivity index (χ0n) is 45.9. The van der Waals surface area contributed by atoms with E-state index in [4.69, 9.17) is 33.0 Å². The summed E-state index contributed by atoms with van der Waals surface area (Å²) in [5, 5.41) is 32.2. The van der Waals surface area contributed by atoms with Crippen molar-refractivity contribution in [2.45, 2.75) is 146 Å². The molecule has 0 spiro atoms. The summed E-state index contributed by atoms with van der Waals surface area (Å²) in [6.07, 6.45) is 2.90. The Labute approximate surface area is 443 Å². The maximum Gasteiger partial charge on any atom is 0.246 e. The Morgan fingerprint density at radius 2 is 1.04 bits per heavy atom. The highest BCUT2D eigenvalue weighted by atomic mass is 35.5. The monoisotopic (exact) mass is 1060 g/mol. The van der Waals surface area contributed by atoms with Gasteiger partial charge >= 0.3 is 0 Å². The smallest absolute Gasteiger partial charge is 0.246 e. The van der Waals surface area contributed by atoms with Crippen LogP contribution in [-0.4, -0.2) is 82.5 Å². The maximum absolute atomic E-state index is 12.9. The molecule has 6 amide bonds. The molecule has 0 bridgehead atoms. The number of hydrogen-bond acceptors (Lipinski definition) is 12. The summed E-state index contributed by atoms with van der Waals surface area (Å²) in [5.41, 5.74) is 11.3. The van der Waals surface area contributed by atoms with Crippen molar-refractivity contribution in [3.8, 4) is 0 Å². The zero-order chi connectivity index (χ0) is 57.1. The highest BCUT2D eigenvalue weighted by Crippen LogP contribution is 2.33. The number of rotatable bonds is 27. The predicted octanol–water partition coefficient (Wildman–Crippen LogP) is 7.47. The van der Waals surface area contributed by atoms with Crippen LogP contribution in [0.5, 0.6) is 0 Å². The van der Waals surface area contributed by atoms with Crippen molar-refractivity contribution in [2.24, 2.45) is 63.9 Å². The molecule has 19 heteroatoms. The van der Waals surface area contributed by atoms with Crippen molar-refractivity contribution in [3.63, 3.8) is 0 Å². The molecule has 0 saturated carbocycles. The summed E-state index contributed by atoms with van der Waals surface area (Å²) in [5.74, 6) is -6.65. The third kappa shape index (κ3) is 26.1. The molecule has 7 atom stereocenters. The summed E-state index contributed by atoms with van der Waals surface area (Å²) in [4.78, 5) is 109. The Morgan fingerprint density at radius 1 is 0.568 bits per heavy atom. The fourth-order valence-corrected chi connectivity index (χ4v) is 8.66. The molecular formula is C55H87ClN6O12. The molecule has 0 heterocycles. The van der Waals surface area contributed by atoms with E-state index in [0.29, 0.717) is 30.7 Å². The molecule has 416 valence electrons. The minimum Gasteiger partial charge on any atom is -0.369 e. The third-order valence-electron chi connectivity index (χ3n) is 13.0. The van der Waals surface area contributed by atoms with Crippen LogP contribution in [0.25, 0.3) is 0 Å². The lowest BCUT2D eigenvalue weighted by Crippen LogP contribution is -2.39. The standard InChI is InChI=1S/C20H29ClN2O4.C19H28N2O4.C16H30N2O4/c1-20(2,3)16(19(22)26)12-17(24)14(11-18(25)23-27)6-4-5-13-7-9-15(21)10-8-13;1-12(2)10-15(13(3)18(23)21-25)17(22)11-16(19(24)20-4)14-8-6-5-7-9-14;1-10(2)7-11(8-14(20)18-22)13(19)9-12(15(21)17-6)16(3,4)5/h7-10,14,16,27H,4-6,11-12H2,1-3H3,(H2,22,26)(H,23,25);5-9,12-13,15-16,25H,10-11H2,1-4H3,(H,20,24)(H,21,23);10-12,22H,7-9H2,1-6H3,(H,17,21)(H,18,20)/t14-,16-;13-,15+,16-;11-,12-/m101/s1. The second-order valence-corrected chi connectivity index (χ2v) is 22.4. The van der Waals surface area contributed by atoms with E-state index in [1.54, 1.807) is 42.5 Å². The average Bonchev–Trinajstić information content (AvgIpc) is 3.34. The van der Waals surface area contributed by atoms with Gasteiger partial charge in [0.25, 0.3) is 0 Å². The number of nitrogens with one attached hydrogen (secondary N) is 5. The summed E-state index contributed by atoms with van der Waals surface area (Å²) < 4.78 is 0. The Bertz CT molecular complexity index is 2100. The molecule has 2 aromatic carbocycles. The Balaban J connectivity index is 0.00000109. The normalized spacial score (nSPS) is 14.1. The van der Waals surface area contributed by atoms with Gasteiger partial charge in [0.15, 0.2) is 0 Å². The number of carbonyl (C=O) groups is 9. The highest BCUT2D eigenvalue weighted by Gasteiger charge is 2.37. The predicted molar refractivity (Wildman–Crippen MR) is 283 cm³/mol. The maximum atomic E-state index is 12.9. The lowest BCUT2D eigenvalue weighted by Gasteiger charge is -2.30. The first-order valence-electron chi connectivity index (χ1n) is 25.3. The number of ketones is 3. The van der Waals surface area contributed by atoms with Gasteiger partial charge in [-0.05, 0) is 78.0 Å². The minimum absolute atomic E-state index is 0.0108. The van der Waals surface area contributed by atoms with Crippen LogP contribution >= 0.6 is 11.6 Å². The van der Waals surface area contributed by atoms with Gasteiger partial charge in [-0.15, -0.1) is 0 Å². The van der Waals surface area contributed by atoms with E-state index < -0.39 is 70.5 Å². The molecule has 0 aliphatic carbocycles. The molecule has 74 heavy (non-hydrogen) atoms. The number of primary amides is 1. The van der Waals surface area contributed by atoms with E-state index in [9.17, 15) is 43.2 Å². The number of hydrogen-bond donors (Lipinski definition) is 9. The number of hydroxylamine groups is 3. The Kier molecular flexibility index (Phi) is 31.5. The van der Waals surface area contributed by atoms with Crippen LogP contribution < -0.4 is 32.8 Å². The van der Waals surface area contributed by atoms with Gasteiger partial charge in [-0.3, -0.25) is 58.8 Å². The fourth-order valence-electron chi connectivity index (χ4n) is 8.53. The molecular weight excluding hydrogens is 972 g/mol. The van der Waals surface area contributed by atoms with Gasteiger partial charge in [0.05, 0.1) is 5.92 Å². The zero-order valence-corrected chi connectivity index (χ0v) is 46.7. The van der Waals surface area contributed by atoms with Crippen LogP contribution in [0.2, 0.25) is 5.02 Å². The Hall–Kier alpha value is -5.56. The summed E-state index contributed by atoms with van der Waals surface area (Å²) >= 11 is 5.87. The second kappa shape index (κ2) is 34.1. The van der Waals surface area contributed by atoms with Crippen LogP contribution in [-0.2, 0) is 49.6 Å². The van der Waals surface area contributed by atoms with Gasteiger partial charge in [0, 0.05) is 86.7 Å². The lowest BCUT2D eigenvalue weighted by atomic mass is 9.75. The van der Waals surface area contributed by atoms with E-state index in [1.807, 2.05) is 112 Å². The van der Waals surface area contributed by atoms with Crippen LogP contribution in [0, 0.1) is 58.2 Å². The first kappa shape index (κ1) is 68.4. The largest absolute Gasteiger partial charge is 0.369 e. The minimum atomic E-state index is -0.666. The van der Waals surface area contributed by atoms with Crippen molar-refractivity contribution in [2.75, 3.05) is 14.1 Å². The SMILES string of the molecule is CC(C)(C)[C@H](CC(=O)[C@H](CCCc1ccc(Cl)cc1)CC(=O)NO)C(N)=O.CNC(=O)[C@@H](CC(=O)[C@@H](CC(=O)NO)CC(C)C)C(C)(C)C.CNC(=O)[C@@H](CC(=O)[C@H](CC(C)C)[C@H](C)C(=O)NO)c1ccccc1. The van der Waals surface area contributed by atoms with Crippen molar-refractivity contribution >= 4 is 64.4 Å².